The van der Waals surface area contributed by atoms with E-state index in [4.69, 9.17) is 5.73 Å². The van der Waals surface area contributed by atoms with Crippen LogP contribution in [0.25, 0.3) is 0 Å². The van der Waals surface area contributed by atoms with Gasteiger partial charge >= 0.3 is 0 Å². The fourth-order valence-electron chi connectivity index (χ4n) is 1.92. The van der Waals surface area contributed by atoms with Gasteiger partial charge in [0.1, 0.15) is 6.04 Å². The van der Waals surface area contributed by atoms with Gasteiger partial charge in [-0.05, 0) is 23.6 Å². The van der Waals surface area contributed by atoms with E-state index in [0.717, 1.165) is 15.5 Å². The number of para-hydroxylation sites is 1. The predicted octanol–water partition coefficient (Wildman–Crippen LogP) is 3.44. The Morgan fingerprint density at radius 1 is 1.16 bits per heavy atom. The molecule has 2 unspecified atom stereocenters. The van der Waals surface area contributed by atoms with Gasteiger partial charge in [-0.3, -0.25) is 4.79 Å². The Labute approximate surface area is 130 Å². The van der Waals surface area contributed by atoms with Gasteiger partial charge in [-0.25, -0.2) is 0 Å². The van der Waals surface area contributed by atoms with Crippen molar-refractivity contribution in [3.8, 4) is 0 Å². The van der Waals surface area contributed by atoms with Crippen molar-refractivity contribution in [2.75, 3.05) is 5.32 Å². The minimum Gasteiger partial charge on any atom is -0.324 e. The Hall–Kier alpha value is -0.820. The summed E-state index contributed by atoms with van der Waals surface area (Å²) >= 11 is 3.29. The molecule has 3 nitrogen and oxygen atoms in total. The molecule has 0 spiro atoms. The van der Waals surface area contributed by atoms with Crippen LogP contribution in [0.4, 0.5) is 5.69 Å². The zero-order valence-electron chi connectivity index (χ0n) is 9.91. The van der Waals surface area contributed by atoms with Gasteiger partial charge in [0.25, 0.3) is 0 Å². The van der Waals surface area contributed by atoms with Crippen molar-refractivity contribution in [2.45, 2.75) is 16.2 Å². The topological polar surface area (TPSA) is 55.1 Å². The van der Waals surface area contributed by atoms with Crippen LogP contribution in [0, 0.1) is 0 Å². The summed E-state index contributed by atoms with van der Waals surface area (Å²) in [5.41, 5.74) is 6.92. The van der Waals surface area contributed by atoms with E-state index in [1.54, 1.807) is 23.1 Å². The van der Waals surface area contributed by atoms with Crippen LogP contribution in [0.5, 0.6) is 0 Å². The molecule has 2 aromatic rings. The molecule has 0 fully saturated rings. The van der Waals surface area contributed by atoms with Gasteiger partial charge in [-0.1, -0.05) is 18.2 Å². The second kappa shape index (κ2) is 6.09. The highest BCUT2D eigenvalue weighted by Gasteiger charge is 2.31. The lowest BCUT2D eigenvalue weighted by molar-refractivity contribution is -0.117. The van der Waals surface area contributed by atoms with Gasteiger partial charge in [0.05, 0.1) is 10.9 Å². The Morgan fingerprint density at radius 2 is 1.95 bits per heavy atom. The van der Waals surface area contributed by atoms with Crippen molar-refractivity contribution in [3.05, 3.63) is 46.7 Å². The Balaban J connectivity index is 0.00000133. The number of benzene rings is 1. The fourth-order valence-corrected chi connectivity index (χ4v) is 4.13. The van der Waals surface area contributed by atoms with E-state index in [9.17, 15) is 4.79 Å². The molecule has 1 aliphatic rings. The van der Waals surface area contributed by atoms with Crippen LogP contribution < -0.4 is 11.1 Å². The van der Waals surface area contributed by atoms with Gasteiger partial charge in [0.2, 0.25) is 5.91 Å². The molecule has 1 aliphatic heterocycles. The van der Waals surface area contributed by atoms with E-state index >= 15 is 0 Å². The third-order valence-electron chi connectivity index (χ3n) is 2.85. The molecule has 0 saturated heterocycles. The van der Waals surface area contributed by atoms with Crippen molar-refractivity contribution >= 4 is 51.7 Å². The molecular formula is C13H13BrN2OS2. The molecule has 3 N–H and O–H groups in total. The SMILES string of the molecule is Br.NC1C(=O)Nc2ccccc2SC1c1cccs1. The lowest BCUT2D eigenvalue weighted by Crippen LogP contribution is -2.38. The van der Waals surface area contributed by atoms with E-state index in [2.05, 4.69) is 5.32 Å². The maximum absolute atomic E-state index is 12.0. The maximum atomic E-state index is 12.0. The van der Waals surface area contributed by atoms with Crippen molar-refractivity contribution in [3.63, 3.8) is 0 Å². The first kappa shape index (κ1) is 14.6. The normalized spacial score (nSPS) is 21.8. The molecule has 0 saturated carbocycles. The van der Waals surface area contributed by atoms with E-state index in [-0.39, 0.29) is 28.1 Å². The first-order valence-electron chi connectivity index (χ1n) is 5.61. The molecule has 1 aromatic carbocycles. The summed E-state index contributed by atoms with van der Waals surface area (Å²) in [4.78, 5) is 14.2. The van der Waals surface area contributed by atoms with E-state index in [0.29, 0.717) is 0 Å². The molecule has 0 bridgehead atoms. The number of nitrogens with two attached hydrogens (primary N) is 1. The molecule has 19 heavy (non-hydrogen) atoms. The number of hydrogen-bond donors (Lipinski definition) is 2. The van der Waals surface area contributed by atoms with Crippen molar-refractivity contribution in [1.29, 1.82) is 0 Å². The molecule has 3 rings (SSSR count). The highest BCUT2D eigenvalue weighted by atomic mass is 79.9. The molecule has 100 valence electrons. The van der Waals surface area contributed by atoms with Gasteiger partial charge < -0.3 is 11.1 Å². The highest BCUT2D eigenvalue weighted by molar-refractivity contribution is 8.93. The Morgan fingerprint density at radius 3 is 2.68 bits per heavy atom. The highest BCUT2D eigenvalue weighted by Crippen LogP contribution is 2.44. The van der Waals surface area contributed by atoms with Crippen LogP contribution in [0.15, 0.2) is 46.7 Å². The summed E-state index contributed by atoms with van der Waals surface area (Å²) in [6.45, 7) is 0. The van der Waals surface area contributed by atoms with Crippen LogP contribution >= 0.6 is 40.1 Å². The van der Waals surface area contributed by atoms with Gasteiger partial charge in [0, 0.05) is 9.77 Å². The molecule has 2 atom stereocenters. The van der Waals surface area contributed by atoms with Crippen molar-refractivity contribution in [2.24, 2.45) is 5.73 Å². The van der Waals surface area contributed by atoms with Crippen LogP contribution in [0.2, 0.25) is 0 Å². The number of carbonyl (C=O) groups excluding carboxylic acids is 1. The lowest BCUT2D eigenvalue weighted by atomic mass is 10.1. The molecular weight excluding hydrogens is 344 g/mol. The Kier molecular flexibility index (Phi) is 4.67. The van der Waals surface area contributed by atoms with E-state index in [1.165, 1.54) is 0 Å². The molecule has 2 heterocycles. The third-order valence-corrected chi connectivity index (χ3v) is 5.37. The van der Waals surface area contributed by atoms with Crippen LogP contribution in [0.1, 0.15) is 10.1 Å². The minimum absolute atomic E-state index is 0. The number of amides is 1. The first-order valence-corrected chi connectivity index (χ1v) is 7.37. The summed E-state index contributed by atoms with van der Waals surface area (Å²) in [6, 6.07) is 11.3. The summed E-state index contributed by atoms with van der Waals surface area (Å²) < 4.78 is 0. The largest absolute Gasteiger partial charge is 0.324 e. The summed E-state index contributed by atoms with van der Waals surface area (Å²) in [7, 11) is 0. The number of anilines is 1. The average Bonchev–Trinajstić information content (AvgIpc) is 2.86. The average molecular weight is 357 g/mol. The second-order valence-corrected chi connectivity index (χ2v) is 6.23. The van der Waals surface area contributed by atoms with E-state index in [1.807, 2.05) is 41.8 Å². The molecule has 0 radical (unpaired) electrons. The van der Waals surface area contributed by atoms with Gasteiger partial charge in [0.15, 0.2) is 0 Å². The molecule has 0 aliphatic carbocycles. The number of rotatable bonds is 1. The van der Waals surface area contributed by atoms with Crippen molar-refractivity contribution in [1.82, 2.24) is 0 Å². The third kappa shape index (κ3) is 2.86. The first-order chi connectivity index (χ1) is 8.75. The van der Waals surface area contributed by atoms with Gasteiger partial charge in [-0.2, -0.15) is 0 Å². The standard InChI is InChI=1S/C13H12N2OS2.BrH/c14-11-12(10-6-3-7-17-10)18-9-5-2-1-4-8(9)15-13(11)16;/h1-7,11-12H,14H2,(H,15,16);1H. The predicted molar refractivity (Wildman–Crippen MR) is 86.3 cm³/mol. The molecule has 1 aromatic heterocycles. The number of carbonyl (C=O) groups is 1. The van der Waals surface area contributed by atoms with Crippen LogP contribution in [-0.2, 0) is 4.79 Å². The Bertz CT molecular complexity index is 574. The number of halogens is 1. The van der Waals surface area contributed by atoms with Crippen molar-refractivity contribution < 1.29 is 4.79 Å². The fraction of sp³-hybridized carbons (Fsp3) is 0.154. The quantitative estimate of drug-likeness (QED) is 0.822. The lowest BCUT2D eigenvalue weighted by Gasteiger charge is -2.17. The summed E-state index contributed by atoms with van der Waals surface area (Å²) in [5.74, 6) is -0.120. The monoisotopic (exact) mass is 356 g/mol. The number of hydrogen-bond acceptors (Lipinski definition) is 4. The molecule has 1 amide bonds. The number of thioether (sulfide) groups is 1. The van der Waals surface area contributed by atoms with E-state index < -0.39 is 6.04 Å². The number of fused-ring (bicyclic) bond motifs is 1. The second-order valence-electron chi connectivity index (χ2n) is 4.07. The smallest absolute Gasteiger partial charge is 0.242 e. The zero-order valence-corrected chi connectivity index (χ0v) is 13.3. The molecule has 6 heteroatoms. The number of nitrogens with one attached hydrogen (secondary N) is 1. The minimum atomic E-state index is -0.527. The summed E-state index contributed by atoms with van der Waals surface area (Å²) in [5, 5.41) is 4.88. The van der Waals surface area contributed by atoms with Crippen LogP contribution in [0.3, 0.4) is 0 Å². The van der Waals surface area contributed by atoms with Gasteiger partial charge in [-0.15, -0.1) is 40.1 Å². The maximum Gasteiger partial charge on any atom is 0.242 e. The summed E-state index contributed by atoms with van der Waals surface area (Å²) in [6.07, 6.45) is 0. The zero-order chi connectivity index (χ0) is 12.5. The van der Waals surface area contributed by atoms with Crippen LogP contribution in [-0.4, -0.2) is 11.9 Å². The number of thiophene rings is 1.